The molecule has 7 heteroatoms. The lowest BCUT2D eigenvalue weighted by Gasteiger charge is -2.39. The van der Waals surface area contributed by atoms with E-state index in [4.69, 9.17) is 0 Å². The summed E-state index contributed by atoms with van der Waals surface area (Å²) in [7, 11) is 0. The third-order valence-electron chi connectivity index (χ3n) is 5.66. The standard InChI is InChI=1S/C22H28F2N2O2S/c1-15(27)26-20(11-16-9-18(23)12-19(24)10-16)21(28)13-25-22(6-3-2-4-7-22)17-5-8-29-14-17/h5,8-10,12,14,20-21,25,28H,2-4,6-7,11,13H2,1H3,(H,26,27). The van der Waals surface area contributed by atoms with E-state index in [-0.39, 0.29) is 24.4 Å². The van der Waals surface area contributed by atoms with Crippen LogP contribution in [0.1, 0.15) is 50.2 Å². The summed E-state index contributed by atoms with van der Waals surface area (Å²) >= 11 is 1.65. The number of carbonyl (C=O) groups is 1. The number of thiophene rings is 1. The quantitative estimate of drug-likeness (QED) is 0.605. The number of halogens is 2. The summed E-state index contributed by atoms with van der Waals surface area (Å²) in [6.07, 6.45) is 4.68. The number of carbonyl (C=O) groups excluding carboxylic acids is 1. The van der Waals surface area contributed by atoms with Crippen molar-refractivity contribution in [2.75, 3.05) is 6.54 Å². The minimum Gasteiger partial charge on any atom is -0.390 e. The van der Waals surface area contributed by atoms with Crippen LogP contribution in [-0.4, -0.2) is 29.7 Å². The highest BCUT2D eigenvalue weighted by molar-refractivity contribution is 7.08. The first-order chi connectivity index (χ1) is 13.9. The van der Waals surface area contributed by atoms with Crippen LogP contribution >= 0.6 is 11.3 Å². The van der Waals surface area contributed by atoms with Gasteiger partial charge in [-0.2, -0.15) is 11.3 Å². The smallest absolute Gasteiger partial charge is 0.217 e. The molecule has 1 saturated carbocycles. The van der Waals surface area contributed by atoms with Crippen LogP contribution in [0, 0.1) is 11.6 Å². The summed E-state index contributed by atoms with van der Waals surface area (Å²) in [5, 5.41) is 21.3. The van der Waals surface area contributed by atoms with Gasteiger partial charge in [0.15, 0.2) is 0 Å². The Morgan fingerprint density at radius 2 is 1.90 bits per heavy atom. The van der Waals surface area contributed by atoms with E-state index in [2.05, 4.69) is 27.5 Å². The highest BCUT2D eigenvalue weighted by Gasteiger charge is 2.35. The predicted molar refractivity (Wildman–Crippen MR) is 111 cm³/mol. The minimum absolute atomic E-state index is 0.141. The second-order valence-corrected chi connectivity index (χ2v) is 8.67. The molecule has 2 aromatic rings. The van der Waals surface area contributed by atoms with Gasteiger partial charge in [0.25, 0.3) is 0 Å². The third-order valence-corrected chi connectivity index (χ3v) is 6.34. The molecule has 0 bridgehead atoms. The number of aliphatic hydroxyl groups excluding tert-OH is 1. The SMILES string of the molecule is CC(=O)NC(Cc1cc(F)cc(F)c1)C(O)CNC1(c2ccsc2)CCCCC1. The molecule has 1 aromatic heterocycles. The van der Waals surface area contributed by atoms with E-state index in [1.165, 1.54) is 31.0 Å². The van der Waals surface area contributed by atoms with Crippen molar-refractivity contribution in [3.8, 4) is 0 Å². The van der Waals surface area contributed by atoms with Crippen LogP contribution in [0.2, 0.25) is 0 Å². The van der Waals surface area contributed by atoms with Crippen LogP contribution in [0.25, 0.3) is 0 Å². The van der Waals surface area contributed by atoms with Gasteiger partial charge in [-0.15, -0.1) is 0 Å². The summed E-state index contributed by atoms with van der Waals surface area (Å²) in [5.74, 6) is -1.64. The van der Waals surface area contributed by atoms with Crippen LogP contribution < -0.4 is 10.6 Å². The molecule has 1 heterocycles. The average molecular weight is 423 g/mol. The van der Waals surface area contributed by atoms with E-state index < -0.39 is 23.8 Å². The predicted octanol–water partition coefficient (Wildman–Crippen LogP) is 3.88. The van der Waals surface area contributed by atoms with Crippen molar-refractivity contribution >= 4 is 17.2 Å². The van der Waals surface area contributed by atoms with Gasteiger partial charge in [0.05, 0.1) is 12.1 Å². The molecule has 29 heavy (non-hydrogen) atoms. The van der Waals surface area contributed by atoms with E-state index in [1.807, 2.05) is 0 Å². The molecule has 1 aromatic carbocycles. The number of rotatable bonds is 8. The van der Waals surface area contributed by atoms with Crippen LogP contribution in [0.4, 0.5) is 8.78 Å². The third kappa shape index (κ3) is 5.84. The molecule has 2 unspecified atom stereocenters. The van der Waals surface area contributed by atoms with Gasteiger partial charge in [0.1, 0.15) is 11.6 Å². The first-order valence-electron chi connectivity index (χ1n) is 10.1. The minimum atomic E-state index is -0.900. The van der Waals surface area contributed by atoms with Crippen LogP contribution in [0.5, 0.6) is 0 Å². The van der Waals surface area contributed by atoms with Crippen molar-refractivity contribution in [3.05, 3.63) is 57.8 Å². The molecule has 4 nitrogen and oxygen atoms in total. The van der Waals surface area contributed by atoms with E-state index in [9.17, 15) is 18.7 Å². The molecule has 158 valence electrons. The first-order valence-corrected chi connectivity index (χ1v) is 11.0. The van der Waals surface area contributed by atoms with Gasteiger partial charge in [0.2, 0.25) is 5.91 Å². The van der Waals surface area contributed by atoms with Gasteiger partial charge in [-0.1, -0.05) is 19.3 Å². The lowest BCUT2D eigenvalue weighted by Crippen LogP contribution is -2.53. The molecule has 1 amide bonds. The lowest BCUT2D eigenvalue weighted by molar-refractivity contribution is -0.120. The summed E-state index contributed by atoms with van der Waals surface area (Å²) in [5.41, 5.74) is 1.45. The van der Waals surface area contributed by atoms with Gasteiger partial charge in [-0.05, 0) is 59.3 Å². The maximum atomic E-state index is 13.5. The molecule has 0 radical (unpaired) electrons. The number of hydrogen-bond acceptors (Lipinski definition) is 4. The number of hydrogen-bond donors (Lipinski definition) is 3. The average Bonchev–Trinajstić information content (AvgIpc) is 3.21. The van der Waals surface area contributed by atoms with Gasteiger partial charge >= 0.3 is 0 Å². The van der Waals surface area contributed by atoms with E-state index in [0.717, 1.165) is 31.7 Å². The highest BCUT2D eigenvalue weighted by Crippen LogP contribution is 2.38. The highest BCUT2D eigenvalue weighted by atomic mass is 32.1. The Balaban J connectivity index is 1.71. The van der Waals surface area contributed by atoms with Gasteiger partial charge < -0.3 is 15.7 Å². The number of nitrogens with one attached hydrogen (secondary N) is 2. The zero-order chi connectivity index (χ0) is 20.9. The maximum absolute atomic E-state index is 13.5. The lowest BCUT2D eigenvalue weighted by atomic mass is 9.77. The molecule has 1 aliphatic rings. The molecule has 1 aliphatic carbocycles. The molecular weight excluding hydrogens is 394 g/mol. The molecule has 0 spiro atoms. The fourth-order valence-electron chi connectivity index (χ4n) is 4.23. The van der Waals surface area contributed by atoms with Crippen LogP contribution in [-0.2, 0) is 16.8 Å². The van der Waals surface area contributed by atoms with Crippen molar-refractivity contribution in [1.82, 2.24) is 10.6 Å². The Morgan fingerprint density at radius 3 is 2.48 bits per heavy atom. The Labute approximate surface area is 174 Å². The maximum Gasteiger partial charge on any atom is 0.217 e. The normalized spacial score (nSPS) is 18.2. The fraction of sp³-hybridized carbons (Fsp3) is 0.500. The first kappa shape index (κ1) is 21.9. The summed E-state index contributed by atoms with van der Waals surface area (Å²) in [6, 6.07) is 4.74. The van der Waals surface area contributed by atoms with Crippen molar-refractivity contribution in [1.29, 1.82) is 0 Å². The monoisotopic (exact) mass is 422 g/mol. The summed E-state index contributed by atoms with van der Waals surface area (Å²) in [4.78, 5) is 11.6. The van der Waals surface area contributed by atoms with Crippen molar-refractivity contribution in [2.45, 2.75) is 63.1 Å². The van der Waals surface area contributed by atoms with Crippen molar-refractivity contribution < 1.29 is 18.7 Å². The topological polar surface area (TPSA) is 61.4 Å². The molecule has 0 saturated heterocycles. The van der Waals surface area contributed by atoms with Gasteiger partial charge in [0, 0.05) is 25.1 Å². The number of aliphatic hydroxyl groups is 1. The fourth-order valence-corrected chi connectivity index (χ4v) is 4.98. The molecular formula is C22H28F2N2O2S. The second-order valence-electron chi connectivity index (χ2n) is 7.89. The van der Waals surface area contributed by atoms with E-state index in [0.29, 0.717) is 5.56 Å². The molecule has 1 fully saturated rings. The zero-order valence-electron chi connectivity index (χ0n) is 16.6. The second kappa shape index (κ2) is 9.78. The molecule has 2 atom stereocenters. The van der Waals surface area contributed by atoms with E-state index in [1.54, 1.807) is 11.3 Å². The van der Waals surface area contributed by atoms with Crippen molar-refractivity contribution in [3.63, 3.8) is 0 Å². The Bertz CT molecular complexity index is 787. The summed E-state index contributed by atoms with van der Waals surface area (Å²) < 4.78 is 27.1. The molecule has 3 rings (SSSR count). The zero-order valence-corrected chi connectivity index (χ0v) is 17.4. The van der Waals surface area contributed by atoms with E-state index >= 15 is 0 Å². The van der Waals surface area contributed by atoms with Crippen molar-refractivity contribution in [2.24, 2.45) is 0 Å². The Kier molecular flexibility index (Phi) is 7.38. The Hall–Kier alpha value is -1.83. The number of benzene rings is 1. The largest absolute Gasteiger partial charge is 0.390 e. The molecule has 0 aliphatic heterocycles. The summed E-state index contributed by atoms with van der Waals surface area (Å²) in [6.45, 7) is 1.64. The van der Waals surface area contributed by atoms with Crippen LogP contribution in [0.3, 0.4) is 0 Å². The Morgan fingerprint density at radius 1 is 1.21 bits per heavy atom. The van der Waals surface area contributed by atoms with Crippen LogP contribution in [0.15, 0.2) is 35.0 Å². The van der Waals surface area contributed by atoms with Gasteiger partial charge in [-0.3, -0.25) is 4.79 Å². The molecule has 3 N–H and O–H groups in total. The number of amides is 1. The van der Waals surface area contributed by atoms with Gasteiger partial charge in [-0.25, -0.2) is 8.78 Å².